The molecule has 110 valence electrons. The van der Waals surface area contributed by atoms with Crippen LogP contribution in [0, 0.1) is 5.82 Å². The molecule has 0 aromatic heterocycles. The number of carboxylic acid groups (broad SMARTS) is 1. The molecule has 2 aromatic carbocycles. The van der Waals surface area contributed by atoms with E-state index in [0.29, 0.717) is 5.75 Å². The number of hydrogen-bond acceptors (Lipinski definition) is 3. The van der Waals surface area contributed by atoms with Gasteiger partial charge in [-0.25, -0.2) is 9.18 Å². The number of halogens is 2. The molecule has 0 fully saturated rings. The Kier molecular flexibility index (Phi) is 5.16. The lowest BCUT2D eigenvalue weighted by Gasteiger charge is -2.09. The summed E-state index contributed by atoms with van der Waals surface area (Å²) in [5.74, 6) is -0.758. The molecule has 0 saturated carbocycles. The van der Waals surface area contributed by atoms with E-state index in [2.05, 4.69) is 15.9 Å². The van der Waals surface area contributed by atoms with Crippen molar-refractivity contribution in [1.82, 2.24) is 0 Å². The maximum Gasteiger partial charge on any atom is 0.335 e. The summed E-state index contributed by atoms with van der Waals surface area (Å²) >= 11 is 3.23. The normalized spacial score (nSPS) is 10.2. The molecular formula is C15H12BrFO4. The Bertz CT molecular complexity index is 628. The number of ether oxygens (including phenoxy) is 2. The van der Waals surface area contributed by atoms with Crippen LogP contribution in [0.25, 0.3) is 0 Å². The highest BCUT2D eigenvalue weighted by Crippen LogP contribution is 2.22. The van der Waals surface area contributed by atoms with Gasteiger partial charge in [0.2, 0.25) is 0 Å². The third-order valence-electron chi connectivity index (χ3n) is 2.60. The largest absolute Gasteiger partial charge is 0.490 e. The first-order chi connectivity index (χ1) is 10.1. The zero-order chi connectivity index (χ0) is 15.2. The second-order valence-electron chi connectivity index (χ2n) is 4.10. The molecule has 0 amide bonds. The number of benzene rings is 2. The van der Waals surface area contributed by atoms with E-state index in [9.17, 15) is 9.18 Å². The van der Waals surface area contributed by atoms with Crippen molar-refractivity contribution < 1.29 is 23.8 Å². The summed E-state index contributed by atoms with van der Waals surface area (Å²) in [6.45, 7) is 0.395. The summed E-state index contributed by atoms with van der Waals surface area (Å²) < 4.78 is 24.8. The van der Waals surface area contributed by atoms with Crippen LogP contribution in [0.2, 0.25) is 0 Å². The number of rotatable bonds is 6. The Morgan fingerprint density at radius 3 is 2.43 bits per heavy atom. The van der Waals surface area contributed by atoms with E-state index in [1.54, 1.807) is 18.2 Å². The Morgan fingerprint density at radius 2 is 1.76 bits per heavy atom. The Balaban J connectivity index is 1.81. The third-order valence-corrected chi connectivity index (χ3v) is 3.10. The molecule has 2 rings (SSSR count). The van der Waals surface area contributed by atoms with Gasteiger partial charge in [-0.2, -0.15) is 0 Å². The van der Waals surface area contributed by atoms with Gasteiger partial charge in [0, 0.05) is 4.47 Å². The molecule has 0 radical (unpaired) electrons. The molecule has 21 heavy (non-hydrogen) atoms. The van der Waals surface area contributed by atoms with Crippen molar-refractivity contribution in [3.63, 3.8) is 0 Å². The van der Waals surface area contributed by atoms with Crippen molar-refractivity contribution in [1.29, 1.82) is 0 Å². The van der Waals surface area contributed by atoms with E-state index in [-0.39, 0.29) is 24.5 Å². The first-order valence-corrected chi connectivity index (χ1v) is 6.89. The first kappa shape index (κ1) is 15.3. The summed E-state index contributed by atoms with van der Waals surface area (Å²) in [4.78, 5) is 10.7. The molecule has 0 atom stereocenters. The van der Waals surface area contributed by atoms with Crippen LogP contribution in [0.1, 0.15) is 10.4 Å². The molecule has 0 spiro atoms. The average Bonchev–Trinajstić information content (AvgIpc) is 2.47. The Hall–Kier alpha value is -2.08. The standard InChI is InChI=1S/C15H12BrFO4/c16-11-3-6-13(17)14(9-11)21-8-7-20-12-4-1-10(2-5-12)15(18)19/h1-6,9H,7-8H2,(H,18,19). The summed E-state index contributed by atoms with van der Waals surface area (Å²) in [6.07, 6.45) is 0. The molecule has 0 unspecified atom stereocenters. The van der Waals surface area contributed by atoms with Crippen molar-refractivity contribution in [2.75, 3.05) is 13.2 Å². The van der Waals surface area contributed by atoms with Crippen molar-refractivity contribution in [3.05, 3.63) is 58.3 Å². The highest BCUT2D eigenvalue weighted by atomic mass is 79.9. The zero-order valence-corrected chi connectivity index (χ0v) is 12.5. The molecule has 0 saturated heterocycles. The summed E-state index contributed by atoms with van der Waals surface area (Å²) in [5, 5.41) is 8.76. The Morgan fingerprint density at radius 1 is 1.10 bits per heavy atom. The van der Waals surface area contributed by atoms with Gasteiger partial charge in [0.1, 0.15) is 19.0 Å². The smallest absolute Gasteiger partial charge is 0.335 e. The lowest BCUT2D eigenvalue weighted by atomic mass is 10.2. The Labute approximate surface area is 129 Å². The fraction of sp³-hybridized carbons (Fsp3) is 0.133. The van der Waals surface area contributed by atoms with Gasteiger partial charge in [-0.3, -0.25) is 0 Å². The van der Waals surface area contributed by atoms with E-state index in [1.165, 1.54) is 24.3 Å². The molecule has 2 aromatic rings. The quantitative estimate of drug-likeness (QED) is 0.802. The fourth-order valence-electron chi connectivity index (χ4n) is 1.59. The average molecular weight is 355 g/mol. The van der Waals surface area contributed by atoms with Crippen LogP contribution in [-0.2, 0) is 0 Å². The van der Waals surface area contributed by atoms with Crippen molar-refractivity contribution in [2.24, 2.45) is 0 Å². The molecule has 4 nitrogen and oxygen atoms in total. The van der Waals surface area contributed by atoms with E-state index in [4.69, 9.17) is 14.6 Å². The highest BCUT2D eigenvalue weighted by molar-refractivity contribution is 9.10. The molecule has 0 aliphatic rings. The number of hydrogen-bond donors (Lipinski definition) is 1. The molecule has 0 aliphatic carbocycles. The van der Waals surface area contributed by atoms with Gasteiger partial charge in [-0.1, -0.05) is 15.9 Å². The predicted octanol–water partition coefficient (Wildman–Crippen LogP) is 3.74. The second-order valence-corrected chi connectivity index (χ2v) is 5.02. The number of carbonyl (C=O) groups is 1. The van der Waals surface area contributed by atoms with Gasteiger partial charge < -0.3 is 14.6 Å². The van der Waals surface area contributed by atoms with Crippen molar-refractivity contribution in [2.45, 2.75) is 0 Å². The van der Waals surface area contributed by atoms with Crippen LogP contribution in [0.3, 0.4) is 0 Å². The van der Waals surface area contributed by atoms with E-state index >= 15 is 0 Å². The van der Waals surface area contributed by atoms with Crippen LogP contribution in [0.4, 0.5) is 4.39 Å². The van der Waals surface area contributed by atoms with Crippen molar-refractivity contribution in [3.8, 4) is 11.5 Å². The minimum absolute atomic E-state index is 0.147. The summed E-state index contributed by atoms with van der Waals surface area (Å²) in [7, 11) is 0. The number of carboxylic acids is 1. The molecule has 6 heteroatoms. The first-order valence-electron chi connectivity index (χ1n) is 6.10. The van der Waals surface area contributed by atoms with E-state index in [0.717, 1.165) is 4.47 Å². The molecule has 0 aliphatic heterocycles. The van der Waals surface area contributed by atoms with Gasteiger partial charge in [-0.15, -0.1) is 0 Å². The van der Waals surface area contributed by atoms with Crippen molar-refractivity contribution >= 4 is 21.9 Å². The van der Waals surface area contributed by atoms with Crippen LogP contribution in [-0.4, -0.2) is 24.3 Å². The number of aromatic carboxylic acids is 1. The van der Waals surface area contributed by atoms with Gasteiger partial charge in [-0.05, 0) is 42.5 Å². The van der Waals surface area contributed by atoms with Gasteiger partial charge in [0.05, 0.1) is 5.56 Å². The van der Waals surface area contributed by atoms with Gasteiger partial charge >= 0.3 is 5.97 Å². The maximum absolute atomic E-state index is 13.4. The van der Waals surface area contributed by atoms with Crippen LogP contribution < -0.4 is 9.47 Å². The maximum atomic E-state index is 13.4. The van der Waals surface area contributed by atoms with Gasteiger partial charge in [0.25, 0.3) is 0 Å². The minimum Gasteiger partial charge on any atom is -0.490 e. The van der Waals surface area contributed by atoms with Crippen LogP contribution >= 0.6 is 15.9 Å². The molecule has 0 bridgehead atoms. The molecule has 0 heterocycles. The lowest BCUT2D eigenvalue weighted by molar-refractivity contribution is 0.0697. The molecular weight excluding hydrogens is 343 g/mol. The predicted molar refractivity (Wildman–Crippen MR) is 78.5 cm³/mol. The minimum atomic E-state index is -0.991. The molecule has 1 N–H and O–H groups in total. The summed E-state index contributed by atoms with van der Waals surface area (Å²) in [5.41, 5.74) is 0.190. The van der Waals surface area contributed by atoms with Gasteiger partial charge in [0.15, 0.2) is 11.6 Å². The second kappa shape index (κ2) is 7.08. The monoisotopic (exact) mass is 354 g/mol. The summed E-state index contributed by atoms with van der Waals surface area (Å²) in [6, 6.07) is 10.5. The van der Waals surface area contributed by atoms with Crippen LogP contribution in [0.15, 0.2) is 46.9 Å². The zero-order valence-electron chi connectivity index (χ0n) is 10.9. The topological polar surface area (TPSA) is 55.8 Å². The van der Waals surface area contributed by atoms with E-state index in [1.807, 2.05) is 0 Å². The fourth-order valence-corrected chi connectivity index (χ4v) is 1.93. The lowest BCUT2D eigenvalue weighted by Crippen LogP contribution is -2.09. The SMILES string of the molecule is O=C(O)c1ccc(OCCOc2cc(Br)ccc2F)cc1. The highest BCUT2D eigenvalue weighted by Gasteiger charge is 2.05. The van der Waals surface area contributed by atoms with Crippen LogP contribution in [0.5, 0.6) is 11.5 Å². The third kappa shape index (κ3) is 4.46. The van der Waals surface area contributed by atoms with E-state index < -0.39 is 11.8 Å².